The van der Waals surface area contributed by atoms with Gasteiger partial charge in [-0.05, 0) is 37.3 Å². The minimum Gasteiger partial charge on any atom is -0.378 e. The molecule has 2 aromatic carbocycles. The standard InChI is InChI=1S/C17H18BrN3O3S/c1-12(25-14-8-6-13(18)7-9-14)17(22)20-11-10-19-15-4-2-3-5-16(15)21(23)24/h2-9,12,19H,10-11H2,1H3,(H,20,22). The van der Waals surface area contributed by atoms with Crippen LogP contribution < -0.4 is 10.6 Å². The van der Waals surface area contributed by atoms with Crippen LogP contribution in [0.2, 0.25) is 0 Å². The SMILES string of the molecule is CC(Sc1ccc(Br)cc1)C(=O)NCCNc1ccccc1[N+](=O)[O-]. The highest BCUT2D eigenvalue weighted by Gasteiger charge is 2.14. The summed E-state index contributed by atoms with van der Waals surface area (Å²) < 4.78 is 0.995. The zero-order valence-corrected chi connectivity index (χ0v) is 16.0. The molecule has 25 heavy (non-hydrogen) atoms. The molecule has 2 rings (SSSR count). The molecule has 8 heteroatoms. The summed E-state index contributed by atoms with van der Waals surface area (Å²) in [4.78, 5) is 23.6. The third-order valence-corrected chi connectivity index (χ3v) is 4.98. The maximum Gasteiger partial charge on any atom is 0.292 e. The lowest BCUT2D eigenvalue weighted by Gasteiger charge is -2.13. The van der Waals surface area contributed by atoms with Gasteiger partial charge >= 0.3 is 0 Å². The average molecular weight is 424 g/mol. The van der Waals surface area contributed by atoms with Crippen LogP contribution in [0.4, 0.5) is 11.4 Å². The molecule has 0 aliphatic carbocycles. The molecule has 0 aromatic heterocycles. The van der Waals surface area contributed by atoms with Gasteiger partial charge in [0.2, 0.25) is 5.91 Å². The van der Waals surface area contributed by atoms with Gasteiger partial charge in [0.05, 0.1) is 10.2 Å². The van der Waals surface area contributed by atoms with Crippen molar-refractivity contribution in [3.63, 3.8) is 0 Å². The summed E-state index contributed by atoms with van der Waals surface area (Å²) in [5.74, 6) is -0.0720. The second-order valence-electron chi connectivity index (χ2n) is 5.21. The molecule has 2 aromatic rings. The predicted molar refractivity (Wildman–Crippen MR) is 104 cm³/mol. The Hall–Kier alpha value is -2.06. The minimum atomic E-state index is -0.433. The molecule has 1 atom stereocenters. The number of para-hydroxylation sites is 2. The summed E-state index contributed by atoms with van der Waals surface area (Å²) in [7, 11) is 0. The number of nitrogens with one attached hydrogen (secondary N) is 2. The molecule has 0 fully saturated rings. The predicted octanol–water partition coefficient (Wildman–Crippen LogP) is 4.07. The Balaban J connectivity index is 1.76. The molecular formula is C17H18BrN3O3S. The molecule has 0 bridgehead atoms. The van der Waals surface area contributed by atoms with Gasteiger partial charge in [0, 0.05) is 28.5 Å². The Labute approximate surface area is 158 Å². The first-order chi connectivity index (χ1) is 12.0. The fraction of sp³-hybridized carbons (Fsp3) is 0.235. The number of carbonyl (C=O) groups is 1. The van der Waals surface area contributed by atoms with E-state index in [1.807, 2.05) is 31.2 Å². The maximum absolute atomic E-state index is 12.1. The lowest BCUT2D eigenvalue weighted by atomic mass is 10.2. The fourth-order valence-corrected chi connectivity index (χ4v) is 3.24. The first-order valence-electron chi connectivity index (χ1n) is 7.64. The van der Waals surface area contributed by atoms with Crippen molar-refractivity contribution in [2.24, 2.45) is 0 Å². The van der Waals surface area contributed by atoms with E-state index in [-0.39, 0.29) is 16.8 Å². The smallest absolute Gasteiger partial charge is 0.292 e. The molecule has 0 aliphatic heterocycles. The van der Waals surface area contributed by atoms with Crippen molar-refractivity contribution < 1.29 is 9.72 Å². The molecule has 0 spiro atoms. The number of anilines is 1. The number of thioether (sulfide) groups is 1. The van der Waals surface area contributed by atoms with Gasteiger partial charge in [-0.2, -0.15) is 0 Å². The number of benzene rings is 2. The molecule has 0 saturated carbocycles. The van der Waals surface area contributed by atoms with Gasteiger partial charge in [0.25, 0.3) is 5.69 Å². The van der Waals surface area contributed by atoms with E-state index in [1.165, 1.54) is 17.8 Å². The van der Waals surface area contributed by atoms with Crippen LogP contribution in [0.25, 0.3) is 0 Å². The molecule has 1 unspecified atom stereocenters. The Morgan fingerprint density at radius 1 is 1.20 bits per heavy atom. The van der Waals surface area contributed by atoms with Crippen LogP contribution in [0.1, 0.15) is 6.92 Å². The first-order valence-corrected chi connectivity index (χ1v) is 9.32. The monoisotopic (exact) mass is 423 g/mol. The van der Waals surface area contributed by atoms with E-state index in [1.54, 1.807) is 18.2 Å². The summed E-state index contributed by atoms with van der Waals surface area (Å²) in [6.45, 7) is 2.64. The van der Waals surface area contributed by atoms with Crippen LogP contribution in [0.5, 0.6) is 0 Å². The third kappa shape index (κ3) is 6.06. The quantitative estimate of drug-likeness (QED) is 0.289. The van der Waals surface area contributed by atoms with Gasteiger partial charge in [-0.1, -0.05) is 28.1 Å². The molecule has 2 N–H and O–H groups in total. The summed E-state index contributed by atoms with van der Waals surface area (Å²) in [5, 5.41) is 16.5. The average Bonchev–Trinajstić information content (AvgIpc) is 2.60. The number of halogens is 1. The second-order valence-corrected chi connectivity index (χ2v) is 7.54. The number of hydrogen-bond acceptors (Lipinski definition) is 5. The van der Waals surface area contributed by atoms with Crippen molar-refractivity contribution in [1.29, 1.82) is 0 Å². The number of nitro benzene ring substituents is 1. The number of nitrogens with zero attached hydrogens (tertiary/aromatic N) is 1. The van der Waals surface area contributed by atoms with Gasteiger partial charge in [0.1, 0.15) is 5.69 Å². The van der Waals surface area contributed by atoms with Crippen LogP contribution in [0.15, 0.2) is 57.9 Å². The van der Waals surface area contributed by atoms with Gasteiger partial charge < -0.3 is 10.6 Å². The molecular weight excluding hydrogens is 406 g/mol. The van der Waals surface area contributed by atoms with E-state index in [2.05, 4.69) is 26.6 Å². The van der Waals surface area contributed by atoms with Gasteiger partial charge in [-0.25, -0.2) is 0 Å². The molecule has 0 saturated heterocycles. The number of amides is 1. The van der Waals surface area contributed by atoms with Gasteiger partial charge in [-0.3, -0.25) is 14.9 Å². The number of rotatable bonds is 8. The Morgan fingerprint density at radius 2 is 1.88 bits per heavy atom. The normalized spacial score (nSPS) is 11.6. The highest BCUT2D eigenvalue weighted by molar-refractivity contribution is 9.10. The van der Waals surface area contributed by atoms with E-state index < -0.39 is 4.92 Å². The van der Waals surface area contributed by atoms with Crippen LogP contribution in [-0.4, -0.2) is 29.2 Å². The van der Waals surface area contributed by atoms with Crippen LogP contribution in [0.3, 0.4) is 0 Å². The Morgan fingerprint density at radius 3 is 2.56 bits per heavy atom. The second kappa shape index (κ2) is 9.43. The Kier molecular flexibility index (Phi) is 7.27. The van der Waals surface area contributed by atoms with E-state index in [9.17, 15) is 14.9 Å². The van der Waals surface area contributed by atoms with Gasteiger partial charge in [-0.15, -0.1) is 11.8 Å². The molecule has 6 nitrogen and oxygen atoms in total. The van der Waals surface area contributed by atoms with Crippen molar-refractivity contribution in [2.75, 3.05) is 18.4 Å². The summed E-state index contributed by atoms with van der Waals surface area (Å²) >= 11 is 4.86. The maximum atomic E-state index is 12.1. The molecule has 0 radical (unpaired) electrons. The van der Waals surface area contributed by atoms with Crippen LogP contribution in [0, 0.1) is 10.1 Å². The van der Waals surface area contributed by atoms with Crippen molar-refractivity contribution in [3.05, 3.63) is 63.1 Å². The lowest BCUT2D eigenvalue weighted by molar-refractivity contribution is -0.384. The zero-order valence-electron chi connectivity index (χ0n) is 13.6. The van der Waals surface area contributed by atoms with E-state index in [0.29, 0.717) is 18.8 Å². The molecule has 1 amide bonds. The topological polar surface area (TPSA) is 84.3 Å². The molecule has 132 valence electrons. The fourth-order valence-electron chi connectivity index (χ4n) is 2.08. The van der Waals surface area contributed by atoms with Crippen molar-refractivity contribution >= 4 is 45.0 Å². The Bertz CT molecular complexity index is 740. The van der Waals surface area contributed by atoms with Crippen molar-refractivity contribution in [1.82, 2.24) is 5.32 Å². The highest BCUT2D eigenvalue weighted by atomic mass is 79.9. The summed E-state index contributed by atoms with van der Waals surface area (Å²) in [5.41, 5.74) is 0.465. The van der Waals surface area contributed by atoms with Crippen LogP contribution in [-0.2, 0) is 4.79 Å². The number of carbonyl (C=O) groups excluding carboxylic acids is 1. The van der Waals surface area contributed by atoms with E-state index in [0.717, 1.165) is 9.37 Å². The summed E-state index contributed by atoms with van der Waals surface area (Å²) in [6, 6.07) is 14.2. The largest absolute Gasteiger partial charge is 0.378 e. The first kappa shape index (κ1) is 19.3. The number of nitro groups is 1. The van der Waals surface area contributed by atoms with Crippen LogP contribution >= 0.6 is 27.7 Å². The van der Waals surface area contributed by atoms with Crippen molar-refractivity contribution in [3.8, 4) is 0 Å². The zero-order chi connectivity index (χ0) is 18.2. The van der Waals surface area contributed by atoms with Gasteiger partial charge in [0.15, 0.2) is 0 Å². The summed E-state index contributed by atoms with van der Waals surface area (Å²) in [6.07, 6.45) is 0. The van der Waals surface area contributed by atoms with E-state index in [4.69, 9.17) is 0 Å². The molecule has 0 heterocycles. The third-order valence-electron chi connectivity index (χ3n) is 3.34. The van der Waals surface area contributed by atoms with Crippen molar-refractivity contribution in [2.45, 2.75) is 17.1 Å². The molecule has 0 aliphatic rings. The number of hydrogen-bond donors (Lipinski definition) is 2. The lowest BCUT2D eigenvalue weighted by Crippen LogP contribution is -2.34. The highest BCUT2D eigenvalue weighted by Crippen LogP contribution is 2.25. The minimum absolute atomic E-state index is 0.0213. The van der Waals surface area contributed by atoms with E-state index >= 15 is 0 Å².